The summed E-state index contributed by atoms with van der Waals surface area (Å²) in [4.78, 5) is 14.5. The third-order valence-corrected chi connectivity index (χ3v) is 6.74. The summed E-state index contributed by atoms with van der Waals surface area (Å²) in [6.07, 6.45) is 0.979. The molecule has 0 aliphatic rings. The summed E-state index contributed by atoms with van der Waals surface area (Å²) >= 11 is 0. The number of aliphatic carboxylic acids is 1. The molecule has 0 fully saturated rings. The van der Waals surface area contributed by atoms with Gasteiger partial charge in [0.1, 0.15) is 0 Å². The fraction of sp³-hybridized carbons (Fsp3) is 0.219. The van der Waals surface area contributed by atoms with Crippen molar-refractivity contribution >= 4 is 5.97 Å². The van der Waals surface area contributed by atoms with E-state index in [9.17, 15) is 9.90 Å². The number of carboxylic acid groups (broad SMARTS) is 1. The van der Waals surface area contributed by atoms with E-state index in [4.69, 9.17) is 0 Å². The maximum atomic E-state index is 12.1. The van der Waals surface area contributed by atoms with E-state index in [1.54, 1.807) is 0 Å². The number of hydrogen-bond acceptors (Lipinski definition) is 2. The lowest BCUT2D eigenvalue weighted by atomic mass is 9.92. The second-order valence-electron chi connectivity index (χ2n) is 8.99. The molecule has 0 aliphatic carbocycles. The van der Waals surface area contributed by atoms with Gasteiger partial charge in [0.15, 0.2) is 0 Å². The molecule has 2 atom stereocenters. The van der Waals surface area contributed by atoms with E-state index in [1.807, 2.05) is 36.4 Å². The molecule has 4 aromatic carbocycles. The zero-order valence-corrected chi connectivity index (χ0v) is 20.5. The van der Waals surface area contributed by atoms with Gasteiger partial charge >= 0.3 is 5.97 Å². The van der Waals surface area contributed by atoms with E-state index >= 15 is 0 Å². The number of hydrogen-bond donors (Lipinski definition) is 1. The van der Waals surface area contributed by atoms with Crippen LogP contribution < -0.4 is 0 Å². The number of nitrogens with zero attached hydrogens (tertiary/aromatic N) is 1. The molecular formula is C32H33NO2. The Bertz CT molecular complexity index is 1240. The SMILES string of the molecule is CCc1ccccc1-c1cccc([C@H](CC(=O)O)N(Cc2ccccc2)[C@H](C)c2ccccc2)c1. The van der Waals surface area contributed by atoms with E-state index < -0.39 is 5.97 Å². The molecule has 0 spiro atoms. The molecule has 3 nitrogen and oxygen atoms in total. The number of aryl methyl sites for hydroxylation is 1. The fourth-order valence-electron chi connectivity index (χ4n) is 4.85. The molecule has 4 aromatic rings. The average molecular weight is 464 g/mol. The van der Waals surface area contributed by atoms with Crippen LogP contribution in [-0.4, -0.2) is 16.0 Å². The van der Waals surface area contributed by atoms with Gasteiger partial charge in [0, 0.05) is 18.6 Å². The van der Waals surface area contributed by atoms with Crippen LogP contribution in [0, 0.1) is 0 Å². The second kappa shape index (κ2) is 11.6. The molecule has 0 radical (unpaired) electrons. The highest BCUT2D eigenvalue weighted by Gasteiger charge is 2.28. The molecule has 0 amide bonds. The highest BCUT2D eigenvalue weighted by molar-refractivity contribution is 5.70. The highest BCUT2D eigenvalue weighted by Crippen LogP contribution is 2.36. The summed E-state index contributed by atoms with van der Waals surface area (Å²) in [5.41, 5.74) is 6.98. The maximum absolute atomic E-state index is 12.1. The van der Waals surface area contributed by atoms with Gasteiger partial charge in [-0.05, 0) is 52.8 Å². The van der Waals surface area contributed by atoms with Crippen molar-refractivity contribution in [3.63, 3.8) is 0 Å². The first-order valence-corrected chi connectivity index (χ1v) is 12.3. The Labute approximate surface area is 208 Å². The quantitative estimate of drug-likeness (QED) is 0.262. The first-order chi connectivity index (χ1) is 17.1. The normalized spacial score (nSPS) is 12.9. The largest absolute Gasteiger partial charge is 0.481 e. The van der Waals surface area contributed by atoms with Gasteiger partial charge in [0.05, 0.1) is 6.42 Å². The number of carboxylic acids is 1. The first kappa shape index (κ1) is 24.4. The molecule has 0 aliphatic heterocycles. The van der Waals surface area contributed by atoms with Crippen LogP contribution in [0.5, 0.6) is 0 Å². The second-order valence-corrected chi connectivity index (χ2v) is 8.99. The van der Waals surface area contributed by atoms with Crippen LogP contribution in [0.4, 0.5) is 0 Å². The Morgan fingerprint density at radius 1 is 0.800 bits per heavy atom. The summed E-state index contributed by atoms with van der Waals surface area (Å²) in [5, 5.41) is 9.95. The van der Waals surface area contributed by atoms with Crippen LogP contribution in [0.25, 0.3) is 11.1 Å². The monoisotopic (exact) mass is 463 g/mol. The van der Waals surface area contributed by atoms with Gasteiger partial charge in [0.25, 0.3) is 0 Å². The Morgan fingerprint density at radius 2 is 1.43 bits per heavy atom. The maximum Gasteiger partial charge on any atom is 0.305 e. The summed E-state index contributed by atoms with van der Waals surface area (Å²) in [6, 6.07) is 37.3. The van der Waals surface area contributed by atoms with Crippen LogP contribution in [0.3, 0.4) is 0 Å². The molecule has 178 valence electrons. The van der Waals surface area contributed by atoms with Gasteiger partial charge in [-0.25, -0.2) is 0 Å². The van der Waals surface area contributed by atoms with Crippen LogP contribution in [0.15, 0.2) is 109 Å². The highest BCUT2D eigenvalue weighted by atomic mass is 16.4. The van der Waals surface area contributed by atoms with Gasteiger partial charge in [-0.1, -0.05) is 110 Å². The Kier molecular flexibility index (Phi) is 8.12. The number of rotatable bonds is 10. The van der Waals surface area contributed by atoms with Crippen molar-refractivity contribution in [3.05, 3.63) is 131 Å². The van der Waals surface area contributed by atoms with Crippen LogP contribution in [-0.2, 0) is 17.8 Å². The molecule has 0 bridgehead atoms. The van der Waals surface area contributed by atoms with Crippen molar-refractivity contribution in [3.8, 4) is 11.1 Å². The van der Waals surface area contributed by atoms with E-state index in [0.29, 0.717) is 6.54 Å². The minimum Gasteiger partial charge on any atom is -0.481 e. The van der Waals surface area contributed by atoms with Crippen molar-refractivity contribution in [2.24, 2.45) is 0 Å². The van der Waals surface area contributed by atoms with Gasteiger partial charge in [-0.15, -0.1) is 0 Å². The van der Waals surface area contributed by atoms with Crippen molar-refractivity contribution in [1.29, 1.82) is 0 Å². The number of carbonyl (C=O) groups is 1. The predicted octanol–water partition coefficient (Wildman–Crippen LogP) is 7.70. The summed E-state index contributed by atoms with van der Waals surface area (Å²) in [5.74, 6) is -0.798. The molecular weight excluding hydrogens is 430 g/mol. The topological polar surface area (TPSA) is 40.5 Å². The van der Waals surface area contributed by atoms with E-state index in [-0.39, 0.29) is 18.5 Å². The minimum absolute atomic E-state index is 0.0306. The summed E-state index contributed by atoms with van der Waals surface area (Å²) in [6.45, 7) is 4.99. The molecule has 3 heteroatoms. The molecule has 0 saturated heterocycles. The molecule has 35 heavy (non-hydrogen) atoms. The molecule has 1 N–H and O–H groups in total. The third-order valence-electron chi connectivity index (χ3n) is 6.74. The summed E-state index contributed by atoms with van der Waals surface area (Å²) < 4.78 is 0. The summed E-state index contributed by atoms with van der Waals surface area (Å²) in [7, 11) is 0. The van der Waals surface area contributed by atoms with Gasteiger partial charge in [-0.3, -0.25) is 9.69 Å². The molecule has 0 heterocycles. The van der Waals surface area contributed by atoms with Crippen molar-refractivity contribution in [1.82, 2.24) is 4.90 Å². The lowest BCUT2D eigenvalue weighted by Crippen LogP contribution is -2.32. The number of benzene rings is 4. The molecule has 0 aromatic heterocycles. The van der Waals surface area contributed by atoms with Crippen LogP contribution >= 0.6 is 0 Å². The Morgan fingerprint density at radius 3 is 2.11 bits per heavy atom. The zero-order chi connectivity index (χ0) is 24.6. The smallest absolute Gasteiger partial charge is 0.305 e. The Balaban J connectivity index is 1.79. The fourth-order valence-corrected chi connectivity index (χ4v) is 4.85. The molecule has 0 unspecified atom stereocenters. The van der Waals surface area contributed by atoms with Gasteiger partial charge in [-0.2, -0.15) is 0 Å². The first-order valence-electron chi connectivity index (χ1n) is 12.3. The third kappa shape index (κ3) is 6.06. The van der Waals surface area contributed by atoms with E-state index in [1.165, 1.54) is 16.7 Å². The molecule has 4 rings (SSSR count). The van der Waals surface area contributed by atoms with Crippen molar-refractivity contribution in [2.75, 3.05) is 0 Å². The van der Waals surface area contributed by atoms with Crippen LogP contribution in [0.1, 0.15) is 54.6 Å². The average Bonchev–Trinajstić information content (AvgIpc) is 2.91. The van der Waals surface area contributed by atoms with Crippen molar-refractivity contribution in [2.45, 2.75) is 45.3 Å². The van der Waals surface area contributed by atoms with Gasteiger partial charge < -0.3 is 5.11 Å². The Hall–Kier alpha value is -3.69. The predicted molar refractivity (Wildman–Crippen MR) is 143 cm³/mol. The van der Waals surface area contributed by atoms with E-state index in [2.05, 4.69) is 91.5 Å². The standard InChI is InChI=1S/C32H33NO2/c1-3-26-15-10-11-20-30(26)28-18-12-19-29(21-28)31(22-32(34)35)33(23-25-13-6-4-7-14-25)24(2)27-16-8-5-9-17-27/h4-21,24,31H,3,22-23H2,1-2H3,(H,34,35)/t24-,31+/m1/s1. The van der Waals surface area contributed by atoms with Crippen molar-refractivity contribution < 1.29 is 9.90 Å². The van der Waals surface area contributed by atoms with E-state index in [0.717, 1.165) is 23.1 Å². The van der Waals surface area contributed by atoms with Gasteiger partial charge in [0.2, 0.25) is 0 Å². The lowest BCUT2D eigenvalue weighted by Gasteiger charge is -2.37. The van der Waals surface area contributed by atoms with Crippen LogP contribution in [0.2, 0.25) is 0 Å². The lowest BCUT2D eigenvalue weighted by molar-refractivity contribution is -0.138. The minimum atomic E-state index is -0.798. The molecule has 0 saturated carbocycles. The zero-order valence-electron chi connectivity index (χ0n) is 20.5.